The molecule has 0 saturated carbocycles. The molecule has 0 saturated heterocycles. The normalized spacial score (nSPS) is 21.2. The molecule has 0 unspecified atom stereocenters. The van der Waals surface area contributed by atoms with Gasteiger partial charge in [0.05, 0.1) is 11.9 Å². The predicted octanol–water partition coefficient (Wildman–Crippen LogP) is 2.32. The first kappa shape index (κ1) is 13.0. The third kappa shape index (κ3) is 5.73. The molecule has 0 aromatic rings. The quantitative estimate of drug-likeness (QED) is 0.682. The molecule has 3 N–H and O–H groups in total. The van der Waals surface area contributed by atoms with Crippen molar-refractivity contribution in [2.45, 2.75) is 63.8 Å². The summed E-state index contributed by atoms with van der Waals surface area (Å²) >= 11 is 0. The van der Waals surface area contributed by atoms with Crippen LogP contribution in [0, 0.1) is 0 Å². The number of amidine groups is 1. The van der Waals surface area contributed by atoms with Gasteiger partial charge in [0.1, 0.15) is 0 Å². The van der Waals surface area contributed by atoms with Crippen molar-refractivity contribution in [1.29, 1.82) is 0 Å². The standard InChI is InChI=1S/C12H22N2O2/c13-11-8-5-4-7-10(14-11)6-2-1-3-9-12(15)16/h10H,1-9H2,(H2,13,14)(H,15,16)/t10-/m1/s1. The number of unbranched alkanes of at least 4 members (excludes halogenated alkanes) is 2. The summed E-state index contributed by atoms with van der Waals surface area (Å²) in [5.41, 5.74) is 5.77. The average molecular weight is 226 g/mol. The maximum atomic E-state index is 10.3. The lowest BCUT2D eigenvalue weighted by Gasteiger charge is -2.09. The van der Waals surface area contributed by atoms with Crippen LogP contribution in [0.15, 0.2) is 4.99 Å². The summed E-state index contributed by atoms with van der Waals surface area (Å²) in [6.07, 6.45) is 8.62. The minimum absolute atomic E-state index is 0.288. The van der Waals surface area contributed by atoms with E-state index in [0.717, 1.165) is 50.8 Å². The van der Waals surface area contributed by atoms with Crippen LogP contribution in [0.2, 0.25) is 0 Å². The molecule has 1 aliphatic heterocycles. The Morgan fingerprint density at radius 3 is 2.94 bits per heavy atom. The molecule has 0 fully saturated rings. The molecular weight excluding hydrogens is 204 g/mol. The minimum atomic E-state index is -0.697. The molecule has 0 amide bonds. The number of nitrogens with two attached hydrogens (primary N) is 1. The van der Waals surface area contributed by atoms with Gasteiger partial charge in [-0.1, -0.05) is 19.3 Å². The minimum Gasteiger partial charge on any atom is -0.481 e. The lowest BCUT2D eigenvalue weighted by molar-refractivity contribution is -0.137. The van der Waals surface area contributed by atoms with Crippen LogP contribution in [0.4, 0.5) is 0 Å². The first-order valence-electron chi connectivity index (χ1n) is 6.22. The van der Waals surface area contributed by atoms with Crippen LogP contribution in [0.25, 0.3) is 0 Å². The molecule has 0 radical (unpaired) electrons. The highest BCUT2D eigenvalue weighted by molar-refractivity contribution is 5.80. The van der Waals surface area contributed by atoms with E-state index >= 15 is 0 Å². The molecule has 1 aliphatic rings. The van der Waals surface area contributed by atoms with Gasteiger partial charge in [-0.2, -0.15) is 0 Å². The van der Waals surface area contributed by atoms with E-state index in [4.69, 9.17) is 10.8 Å². The molecule has 0 bridgehead atoms. The molecule has 0 aromatic carbocycles. The Labute approximate surface area is 96.9 Å². The van der Waals surface area contributed by atoms with Crippen LogP contribution in [0.3, 0.4) is 0 Å². The topological polar surface area (TPSA) is 75.7 Å². The highest BCUT2D eigenvalue weighted by atomic mass is 16.4. The monoisotopic (exact) mass is 226 g/mol. The number of rotatable bonds is 6. The molecule has 0 spiro atoms. The second-order valence-corrected chi connectivity index (χ2v) is 4.51. The van der Waals surface area contributed by atoms with Gasteiger partial charge in [0.2, 0.25) is 0 Å². The number of hydrogen-bond acceptors (Lipinski definition) is 3. The van der Waals surface area contributed by atoms with Gasteiger partial charge in [0, 0.05) is 12.8 Å². The zero-order chi connectivity index (χ0) is 11.8. The summed E-state index contributed by atoms with van der Waals surface area (Å²) in [6.45, 7) is 0. The number of aliphatic imine (C=N–C) groups is 1. The SMILES string of the molecule is NC1=N[C@H](CCCCCC(=O)O)CCCC1. The van der Waals surface area contributed by atoms with E-state index in [1.54, 1.807) is 0 Å². The van der Waals surface area contributed by atoms with Crippen LogP contribution in [-0.4, -0.2) is 23.0 Å². The molecule has 0 aliphatic carbocycles. The van der Waals surface area contributed by atoms with Crippen LogP contribution >= 0.6 is 0 Å². The fourth-order valence-corrected chi connectivity index (χ4v) is 2.09. The number of carboxylic acids is 1. The first-order valence-corrected chi connectivity index (χ1v) is 6.22. The Balaban J connectivity index is 2.11. The van der Waals surface area contributed by atoms with Crippen molar-refractivity contribution in [1.82, 2.24) is 0 Å². The maximum absolute atomic E-state index is 10.3. The van der Waals surface area contributed by atoms with E-state index in [0.29, 0.717) is 6.04 Å². The van der Waals surface area contributed by atoms with Crippen molar-refractivity contribution in [3.8, 4) is 0 Å². The predicted molar refractivity (Wildman–Crippen MR) is 64.6 cm³/mol. The molecular formula is C12H22N2O2. The van der Waals surface area contributed by atoms with Crippen molar-refractivity contribution in [2.75, 3.05) is 0 Å². The number of carboxylic acid groups (broad SMARTS) is 1. The van der Waals surface area contributed by atoms with Crippen LogP contribution in [0.1, 0.15) is 57.8 Å². The molecule has 92 valence electrons. The van der Waals surface area contributed by atoms with E-state index in [-0.39, 0.29) is 6.42 Å². The van der Waals surface area contributed by atoms with Gasteiger partial charge in [0.15, 0.2) is 0 Å². The number of aliphatic carboxylic acids is 1. The Morgan fingerprint density at radius 1 is 1.38 bits per heavy atom. The van der Waals surface area contributed by atoms with Crippen molar-refractivity contribution in [3.63, 3.8) is 0 Å². The van der Waals surface area contributed by atoms with Gasteiger partial charge in [0.25, 0.3) is 0 Å². The molecule has 4 nitrogen and oxygen atoms in total. The number of carbonyl (C=O) groups is 1. The third-order valence-electron chi connectivity index (χ3n) is 3.00. The van der Waals surface area contributed by atoms with E-state index in [1.807, 2.05) is 0 Å². The number of hydrogen-bond donors (Lipinski definition) is 2. The largest absolute Gasteiger partial charge is 0.481 e. The van der Waals surface area contributed by atoms with Crippen molar-refractivity contribution < 1.29 is 9.90 Å². The Kier molecular flexibility index (Phi) is 5.90. The van der Waals surface area contributed by atoms with Crippen LogP contribution < -0.4 is 5.73 Å². The molecule has 1 atom stereocenters. The van der Waals surface area contributed by atoms with Crippen LogP contribution in [0.5, 0.6) is 0 Å². The van der Waals surface area contributed by atoms with Gasteiger partial charge in [-0.05, 0) is 25.7 Å². The van der Waals surface area contributed by atoms with E-state index in [2.05, 4.69) is 4.99 Å². The van der Waals surface area contributed by atoms with Gasteiger partial charge < -0.3 is 10.8 Å². The summed E-state index contributed by atoms with van der Waals surface area (Å²) in [7, 11) is 0. The Morgan fingerprint density at radius 2 is 2.19 bits per heavy atom. The Bertz CT molecular complexity index is 251. The van der Waals surface area contributed by atoms with Gasteiger partial charge in [-0.3, -0.25) is 9.79 Å². The molecule has 1 heterocycles. The fraction of sp³-hybridized carbons (Fsp3) is 0.833. The zero-order valence-corrected chi connectivity index (χ0v) is 9.82. The highest BCUT2D eigenvalue weighted by Gasteiger charge is 2.11. The second kappa shape index (κ2) is 7.25. The van der Waals surface area contributed by atoms with Crippen molar-refractivity contribution >= 4 is 11.8 Å². The number of nitrogens with zero attached hydrogens (tertiary/aromatic N) is 1. The van der Waals surface area contributed by atoms with Crippen LogP contribution in [-0.2, 0) is 4.79 Å². The van der Waals surface area contributed by atoms with Crippen molar-refractivity contribution in [3.05, 3.63) is 0 Å². The van der Waals surface area contributed by atoms with Crippen molar-refractivity contribution in [2.24, 2.45) is 10.7 Å². The smallest absolute Gasteiger partial charge is 0.303 e. The highest BCUT2D eigenvalue weighted by Crippen LogP contribution is 2.17. The lowest BCUT2D eigenvalue weighted by atomic mass is 10.0. The molecule has 16 heavy (non-hydrogen) atoms. The summed E-state index contributed by atoms with van der Waals surface area (Å²) in [5, 5.41) is 8.50. The van der Waals surface area contributed by atoms with E-state index in [9.17, 15) is 4.79 Å². The fourth-order valence-electron chi connectivity index (χ4n) is 2.09. The summed E-state index contributed by atoms with van der Waals surface area (Å²) in [4.78, 5) is 14.8. The van der Waals surface area contributed by atoms with Gasteiger partial charge in [-0.15, -0.1) is 0 Å². The molecule has 0 aromatic heterocycles. The molecule has 1 rings (SSSR count). The Hall–Kier alpha value is -1.06. The average Bonchev–Trinajstić information content (AvgIpc) is 2.42. The summed E-state index contributed by atoms with van der Waals surface area (Å²) < 4.78 is 0. The van der Waals surface area contributed by atoms with Gasteiger partial charge >= 0.3 is 5.97 Å². The van der Waals surface area contributed by atoms with Gasteiger partial charge in [-0.25, -0.2) is 0 Å². The summed E-state index contributed by atoms with van der Waals surface area (Å²) in [6, 6.07) is 0.382. The summed E-state index contributed by atoms with van der Waals surface area (Å²) in [5.74, 6) is 0.102. The first-order chi connectivity index (χ1) is 7.68. The van der Waals surface area contributed by atoms with E-state index in [1.165, 1.54) is 6.42 Å². The maximum Gasteiger partial charge on any atom is 0.303 e. The molecule has 4 heteroatoms. The lowest BCUT2D eigenvalue weighted by Crippen LogP contribution is -2.13. The van der Waals surface area contributed by atoms with E-state index < -0.39 is 5.97 Å². The zero-order valence-electron chi connectivity index (χ0n) is 9.82. The second-order valence-electron chi connectivity index (χ2n) is 4.51. The third-order valence-corrected chi connectivity index (χ3v) is 3.00.